The summed E-state index contributed by atoms with van der Waals surface area (Å²) in [6.45, 7) is 8.09. The van der Waals surface area contributed by atoms with Crippen LogP contribution in [-0.2, 0) is 0 Å². The lowest BCUT2D eigenvalue weighted by molar-refractivity contribution is 0.672. The Labute approximate surface area is 283 Å². The molecule has 0 fully saturated rings. The van der Waals surface area contributed by atoms with Crippen LogP contribution < -0.4 is 0 Å². The molecule has 0 saturated carbocycles. The third-order valence-corrected chi connectivity index (χ3v) is 10.2. The van der Waals surface area contributed by atoms with Gasteiger partial charge in [0.1, 0.15) is 22.3 Å². The van der Waals surface area contributed by atoms with Crippen molar-refractivity contribution < 1.29 is 8.83 Å². The molecule has 0 spiro atoms. The van der Waals surface area contributed by atoms with Crippen molar-refractivity contribution in [2.24, 2.45) is 0 Å². The standard InChI is InChI=1S/C44H22N4O2/c1-46-32-23-38(48-34-15-7-3-13-31(34)42-36(48)21-19-29-27-11-5-9-17-40(27)50-44(29)42)37(22-25(32)24-45)47-33-14-6-2-12-30(33)41-35(47)20-18-28-26-10-4-8-16-39(26)49-43(28)41/h2-23H. The molecule has 4 heterocycles. The van der Waals surface area contributed by atoms with Crippen molar-refractivity contribution in [2.45, 2.75) is 0 Å². The van der Waals surface area contributed by atoms with Gasteiger partial charge in [-0.3, -0.25) is 0 Å². The molecule has 0 radical (unpaired) electrons. The van der Waals surface area contributed by atoms with Gasteiger partial charge in [-0.15, -0.1) is 0 Å². The highest BCUT2D eigenvalue weighted by atomic mass is 16.3. The van der Waals surface area contributed by atoms with Gasteiger partial charge >= 0.3 is 0 Å². The molecule has 0 aliphatic heterocycles. The number of nitrogens with zero attached hydrogens (tertiary/aromatic N) is 4. The molecule has 230 valence electrons. The largest absolute Gasteiger partial charge is 0.455 e. The molecule has 50 heavy (non-hydrogen) atoms. The zero-order chi connectivity index (χ0) is 33.1. The van der Waals surface area contributed by atoms with E-state index < -0.39 is 0 Å². The predicted octanol–water partition coefficient (Wildman–Crippen LogP) is 12.1. The average Bonchev–Trinajstić information content (AvgIpc) is 3.91. The van der Waals surface area contributed by atoms with Gasteiger partial charge in [-0.1, -0.05) is 72.8 Å². The molecule has 0 N–H and O–H groups in total. The molecule has 0 aliphatic rings. The predicted molar refractivity (Wildman–Crippen MR) is 201 cm³/mol. The second-order valence-corrected chi connectivity index (χ2v) is 12.7. The number of hydrogen-bond acceptors (Lipinski definition) is 3. The summed E-state index contributed by atoms with van der Waals surface area (Å²) in [5.74, 6) is 0. The highest BCUT2D eigenvalue weighted by Crippen LogP contribution is 2.45. The highest BCUT2D eigenvalue weighted by Gasteiger charge is 2.25. The van der Waals surface area contributed by atoms with Crippen molar-refractivity contribution in [3.05, 3.63) is 150 Å². The molecular formula is C44H22N4O2. The Hall–Kier alpha value is -7.28. The molecule has 6 nitrogen and oxygen atoms in total. The average molecular weight is 639 g/mol. The lowest BCUT2D eigenvalue weighted by Gasteiger charge is -2.18. The second-order valence-electron chi connectivity index (χ2n) is 12.7. The van der Waals surface area contributed by atoms with Crippen LogP contribution in [0.1, 0.15) is 5.56 Å². The molecule has 11 rings (SSSR count). The van der Waals surface area contributed by atoms with Crippen LogP contribution in [0.4, 0.5) is 5.69 Å². The van der Waals surface area contributed by atoms with Gasteiger partial charge in [0, 0.05) is 32.3 Å². The van der Waals surface area contributed by atoms with Crippen molar-refractivity contribution in [1.82, 2.24) is 9.13 Å². The van der Waals surface area contributed by atoms with Gasteiger partial charge in [0.05, 0.1) is 62.4 Å². The molecular weight excluding hydrogens is 617 g/mol. The van der Waals surface area contributed by atoms with Gasteiger partial charge in [-0.05, 0) is 60.7 Å². The Balaban J connectivity index is 1.32. The fourth-order valence-electron chi connectivity index (χ4n) is 8.09. The van der Waals surface area contributed by atoms with Crippen LogP contribution in [0.25, 0.3) is 104 Å². The summed E-state index contributed by atoms with van der Waals surface area (Å²) in [6, 6.07) is 47.4. The van der Waals surface area contributed by atoms with E-state index in [0.717, 1.165) is 98.9 Å². The van der Waals surface area contributed by atoms with Crippen LogP contribution in [0, 0.1) is 17.9 Å². The van der Waals surface area contributed by atoms with Gasteiger partial charge < -0.3 is 18.0 Å². The van der Waals surface area contributed by atoms with Gasteiger partial charge in [0.2, 0.25) is 5.69 Å². The number of fused-ring (bicyclic) bond motifs is 14. The lowest BCUT2D eigenvalue weighted by Crippen LogP contribution is -2.04. The minimum atomic E-state index is 0.294. The number of rotatable bonds is 2. The van der Waals surface area contributed by atoms with E-state index in [0.29, 0.717) is 11.3 Å². The monoisotopic (exact) mass is 638 g/mol. The summed E-state index contributed by atoms with van der Waals surface area (Å²) in [6.07, 6.45) is 0. The first-order chi connectivity index (χ1) is 24.7. The van der Waals surface area contributed by atoms with Gasteiger partial charge in [0.15, 0.2) is 0 Å². The van der Waals surface area contributed by atoms with Crippen molar-refractivity contribution in [3.8, 4) is 17.4 Å². The van der Waals surface area contributed by atoms with E-state index in [9.17, 15) is 5.26 Å². The van der Waals surface area contributed by atoms with Gasteiger partial charge in [-0.25, -0.2) is 4.85 Å². The molecule has 7 aromatic carbocycles. The van der Waals surface area contributed by atoms with Gasteiger partial charge in [-0.2, -0.15) is 5.26 Å². The number of hydrogen-bond donors (Lipinski definition) is 0. The molecule has 0 bridgehead atoms. The topological polar surface area (TPSA) is 64.3 Å². The highest BCUT2D eigenvalue weighted by molar-refractivity contribution is 6.25. The van der Waals surface area contributed by atoms with Crippen LogP contribution in [0.2, 0.25) is 0 Å². The first-order valence-electron chi connectivity index (χ1n) is 16.4. The fourth-order valence-corrected chi connectivity index (χ4v) is 8.09. The summed E-state index contributed by atoms with van der Waals surface area (Å²) < 4.78 is 17.6. The zero-order valence-electron chi connectivity index (χ0n) is 26.3. The van der Waals surface area contributed by atoms with Crippen LogP contribution in [0.5, 0.6) is 0 Å². The van der Waals surface area contributed by atoms with E-state index in [1.165, 1.54) is 0 Å². The lowest BCUT2D eigenvalue weighted by atomic mass is 10.1. The Bertz CT molecular complexity index is 3130. The fraction of sp³-hybridized carbons (Fsp3) is 0. The first kappa shape index (κ1) is 26.8. The summed E-state index contributed by atoms with van der Waals surface area (Å²) >= 11 is 0. The van der Waals surface area contributed by atoms with Crippen LogP contribution in [0.3, 0.4) is 0 Å². The Kier molecular flexibility index (Phi) is 5.16. The Morgan fingerprint density at radius 1 is 0.500 bits per heavy atom. The van der Waals surface area contributed by atoms with Crippen molar-refractivity contribution in [2.75, 3.05) is 0 Å². The summed E-state index contributed by atoms with van der Waals surface area (Å²) in [4.78, 5) is 3.83. The minimum absolute atomic E-state index is 0.294. The molecule has 0 saturated heterocycles. The molecule has 0 atom stereocenters. The molecule has 6 heteroatoms. The van der Waals surface area contributed by atoms with Crippen molar-refractivity contribution >= 4 is 93.2 Å². The second kappa shape index (κ2) is 9.64. The normalized spacial score (nSPS) is 12.0. The van der Waals surface area contributed by atoms with Gasteiger partial charge in [0.25, 0.3) is 0 Å². The maximum Gasteiger partial charge on any atom is 0.206 e. The number of aromatic nitrogens is 2. The number of nitriles is 1. The Morgan fingerprint density at radius 2 is 0.960 bits per heavy atom. The third kappa shape index (κ3) is 3.34. The number of furan rings is 2. The molecule has 0 amide bonds. The molecule has 11 aromatic rings. The van der Waals surface area contributed by atoms with Crippen LogP contribution >= 0.6 is 0 Å². The third-order valence-electron chi connectivity index (χ3n) is 10.2. The first-order valence-corrected chi connectivity index (χ1v) is 16.4. The summed E-state index contributed by atoms with van der Waals surface area (Å²) in [5, 5.41) is 18.6. The quantitative estimate of drug-likeness (QED) is 0.177. The smallest absolute Gasteiger partial charge is 0.206 e. The number of benzene rings is 7. The number of para-hydroxylation sites is 4. The molecule has 4 aromatic heterocycles. The maximum absolute atomic E-state index is 10.3. The summed E-state index contributed by atoms with van der Waals surface area (Å²) in [5.41, 5.74) is 9.31. The molecule has 0 aliphatic carbocycles. The van der Waals surface area contributed by atoms with Crippen LogP contribution in [-0.4, -0.2) is 9.13 Å². The van der Waals surface area contributed by atoms with E-state index in [2.05, 4.69) is 80.7 Å². The van der Waals surface area contributed by atoms with Crippen LogP contribution in [0.15, 0.2) is 142 Å². The van der Waals surface area contributed by atoms with Crippen molar-refractivity contribution in [1.29, 1.82) is 5.26 Å². The van der Waals surface area contributed by atoms with E-state index in [1.54, 1.807) is 0 Å². The van der Waals surface area contributed by atoms with E-state index >= 15 is 0 Å². The summed E-state index contributed by atoms with van der Waals surface area (Å²) in [7, 11) is 0. The van der Waals surface area contributed by atoms with E-state index in [1.807, 2.05) is 72.8 Å². The van der Waals surface area contributed by atoms with E-state index in [-0.39, 0.29) is 0 Å². The Morgan fingerprint density at radius 3 is 1.46 bits per heavy atom. The van der Waals surface area contributed by atoms with E-state index in [4.69, 9.17) is 15.4 Å². The SMILES string of the molecule is [C-]#[N+]c1cc(-n2c3ccccc3c3c4oc5ccccc5c4ccc32)c(-n2c3ccccc3c3c4oc5ccccc5c4ccc32)cc1C#N. The molecule has 0 unspecified atom stereocenters. The maximum atomic E-state index is 10.3. The minimum Gasteiger partial charge on any atom is -0.455 e. The van der Waals surface area contributed by atoms with Crippen molar-refractivity contribution in [3.63, 3.8) is 0 Å². The zero-order valence-corrected chi connectivity index (χ0v) is 26.3.